The second-order valence-electron chi connectivity index (χ2n) is 7.84. The van der Waals surface area contributed by atoms with Crippen LogP contribution in [-0.4, -0.2) is 24.5 Å². The number of amides is 1. The van der Waals surface area contributed by atoms with Crippen molar-refractivity contribution in [3.8, 4) is 11.1 Å². The lowest BCUT2D eigenvalue weighted by atomic mass is 9.78. The molecule has 0 radical (unpaired) electrons. The minimum atomic E-state index is -0.382. The molecule has 0 saturated heterocycles. The van der Waals surface area contributed by atoms with E-state index in [1.807, 2.05) is 42.5 Å². The van der Waals surface area contributed by atoms with Crippen LogP contribution in [0.4, 0.5) is 0 Å². The topological polar surface area (TPSA) is 55.4 Å². The third-order valence-electron chi connectivity index (χ3n) is 5.83. The molecule has 0 spiro atoms. The quantitative estimate of drug-likeness (QED) is 0.758. The Hall–Kier alpha value is -2.62. The van der Waals surface area contributed by atoms with Gasteiger partial charge in [-0.25, -0.2) is 0 Å². The number of hydrogen-bond acceptors (Lipinski definition) is 3. The molecule has 2 aromatic carbocycles. The van der Waals surface area contributed by atoms with Gasteiger partial charge in [0.15, 0.2) is 6.61 Å². The van der Waals surface area contributed by atoms with Crippen LogP contribution in [0.1, 0.15) is 38.7 Å². The third-order valence-corrected chi connectivity index (χ3v) is 5.83. The Morgan fingerprint density at radius 1 is 0.964 bits per heavy atom. The fraction of sp³-hybridized carbons (Fsp3) is 0.417. The summed E-state index contributed by atoms with van der Waals surface area (Å²) in [5, 5.41) is 3.03. The molecular formula is C24H29NO3. The maximum Gasteiger partial charge on any atom is 0.310 e. The van der Waals surface area contributed by atoms with Gasteiger partial charge in [-0.05, 0) is 34.9 Å². The Kier molecular flexibility index (Phi) is 6.85. The predicted octanol–water partition coefficient (Wildman–Crippen LogP) is 4.38. The Labute approximate surface area is 167 Å². The van der Waals surface area contributed by atoms with Crippen LogP contribution in [0.3, 0.4) is 0 Å². The van der Waals surface area contributed by atoms with Gasteiger partial charge in [0.25, 0.3) is 5.91 Å². The number of carbonyl (C=O) groups is 2. The molecule has 1 amide bonds. The number of nitrogens with one attached hydrogen (secondary N) is 1. The summed E-state index contributed by atoms with van der Waals surface area (Å²) in [6.45, 7) is 4.20. The molecule has 28 heavy (non-hydrogen) atoms. The summed E-state index contributed by atoms with van der Waals surface area (Å²) < 4.78 is 5.18. The van der Waals surface area contributed by atoms with E-state index in [9.17, 15) is 9.59 Å². The smallest absolute Gasteiger partial charge is 0.310 e. The average Bonchev–Trinajstić information content (AvgIpc) is 2.71. The number of carbonyl (C=O) groups excluding carboxylic acids is 2. The van der Waals surface area contributed by atoms with Gasteiger partial charge in [0.05, 0.1) is 6.42 Å². The highest BCUT2D eigenvalue weighted by atomic mass is 16.5. The minimum Gasteiger partial charge on any atom is -0.455 e. The van der Waals surface area contributed by atoms with E-state index in [2.05, 4.69) is 31.3 Å². The van der Waals surface area contributed by atoms with E-state index in [-0.39, 0.29) is 30.9 Å². The van der Waals surface area contributed by atoms with Crippen molar-refractivity contribution in [1.82, 2.24) is 5.32 Å². The summed E-state index contributed by atoms with van der Waals surface area (Å²) in [6, 6.07) is 18.1. The molecule has 0 bridgehead atoms. The first-order valence-corrected chi connectivity index (χ1v) is 10.1. The van der Waals surface area contributed by atoms with Crippen LogP contribution in [0.2, 0.25) is 0 Å². The molecule has 0 heterocycles. The lowest BCUT2D eigenvalue weighted by Crippen LogP contribution is -2.45. The van der Waals surface area contributed by atoms with Crippen molar-refractivity contribution in [2.45, 2.75) is 45.6 Å². The van der Waals surface area contributed by atoms with Crippen molar-refractivity contribution in [3.05, 3.63) is 60.2 Å². The molecule has 0 aromatic heterocycles. The van der Waals surface area contributed by atoms with Crippen LogP contribution in [0.15, 0.2) is 54.6 Å². The molecule has 3 atom stereocenters. The lowest BCUT2D eigenvalue weighted by Gasteiger charge is -2.34. The van der Waals surface area contributed by atoms with E-state index >= 15 is 0 Å². The van der Waals surface area contributed by atoms with Crippen molar-refractivity contribution in [2.24, 2.45) is 11.8 Å². The number of hydrogen-bond donors (Lipinski definition) is 1. The molecule has 1 aliphatic rings. The molecule has 1 fully saturated rings. The van der Waals surface area contributed by atoms with Crippen molar-refractivity contribution in [2.75, 3.05) is 6.61 Å². The Balaban J connectivity index is 1.44. The number of benzene rings is 2. The van der Waals surface area contributed by atoms with Crippen molar-refractivity contribution in [1.29, 1.82) is 0 Å². The molecule has 1 aliphatic carbocycles. The highest BCUT2D eigenvalue weighted by Crippen LogP contribution is 2.29. The zero-order valence-corrected chi connectivity index (χ0v) is 16.7. The zero-order chi connectivity index (χ0) is 19.9. The SMILES string of the molecule is C[C@H]1[C@H](C)CCC[C@@H]1NC(=O)COC(=O)Cc1ccc(-c2ccccc2)cc1. The highest BCUT2D eigenvalue weighted by Gasteiger charge is 2.28. The highest BCUT2D eigenvalue weighted by molar-refractivity contribution is 5.81. The first-order chi connectivity index (χ1) is 13.5. The second kappa shape index (κ2) is 9.54. The second-order valence-corrected chi connectivity index (χ2v) is 7.84. The summed E-state index contributed by atoms with van der Waals surface area (Å²) in [5.41, 5.74) is 3.12. The molecular weight excluding hydrogens is 350 g/mol. The Bertz CT molecular complexity index is 785. The first kappa shape index (κ1) is 20.1. The molecule has 148 valence electrons. The first-order valence-electron chi connectivity index (χ1n) is 10.1. The van der Waals surface area contributed by atoms with E-state index in [1.165, 1.54) is 6.42 Å². The summed E-state index contributed by atoms with van der Waals surface area (Å²) in [6.07, 6.45) is 3.51. The summed E-state index contributed by atoms with van der Waals surface area (Å²) in [4.78, 5) is 24.2. The van der Waals surface area contributed by atoms with Gasteiger partial charge in [0.2, 0.25) is 0 Å². The maximum absolute atomic E-state index is 12.1. The fourth-order valence-electron chi connectivity index (χ4n) is 3.84. The maximum atomic E-state index is 12.1. The summed E-state index contributed by atoms with van der Waals surface area (Å²) >= 11 is 0. The zero-order valence-electron chi connectivity index (χ0n) is 16.7. The van der Waals surface area contributed by atoms with Crippen LogP contribution in [0, 0.1) is 11.8 Å². The van der Waals surface area contributed by atoms with Crippen LogP contribution >= 0.6 is 0 Å². The van der Waals surface area contributed by atoms with Crippen LogP contribution in [0.5, 0.6) is 0 Å². The van der Waals surface area contributed by atoms with Crippen LogP contribution in [-0.2, 0) is 20.7 Å². The van der Waals surface area contributed by atoms with Gasteiger partial charge in [-0.1, -0.05) is 81.3 Å². The van der Waals surface area contributed by atoms with Gasteiger partial charge in [-0.15, -0.1) is 0 Å². The largest absolute Gasteiger partial charge is 0.455 e. The lowest BCUT2D eigenvalue weighted by molar-refractivity contribution is -0.148. The molecule has 4 heteroatoms. The molecule has 1 saturated carbocycles. The molecule has 3 rings (SSSR count). The minimum absolute atomic E-state index is 0.166. The third kappa shape index (κ3) is 5.44. The summed E-state index contributed by atoms with van der Waals surface area (Å²) in [5.74, 6) is 0.475. The van der Waals surface area contributed by atoms with Gasteiger partial charge in [-0.2, -0.15) is 0 Å². The van der Waals surface area contributed by atoms with E-state index in [0.29, 0.717) is 11.8 Å². The predicted molar refractivity (Wildman–Crippen MR) is 111 cm³/mol. The number of rotatable bonds is 6. The average molecular weight is 380 g/mol. The van der Waals surface area contributed by atoms with Gasteiger partial charge >= 0.3 is 5.97 Å². The Morgan fingerprint density at radius 2 is 1.64 bits per heavy atom. The van der Waals surface area contributed by atoms with Gasteiger partial charge in [-0.3, -0.25) is 9.59 Å². The molecule has 4 nitrogen and oxygen atoms in total. The fourth-order valence-corrected chi connectivity index (χ4v) is 3.84. The van der Waals surface area contributed by atoms with Gasteiger partial charge in [0, 0.05) is 6.04 Å². The van der Waals surface area contributed by atoms with E-state index in [1.54, 1.807) is 0 Å². The number of ether oxygens (including phenoxy) is 1. The van der Waals surface area contributed by atoms with Crippen molar-refractivity contribution >= 4 is 11.9 Å². The Morgan fingerprint density at radius 3 is 2.36 bits per heavy atom. The summed E-state index contributed by atoms with van der Waals surface area (Å²) in [7, 11) is 0. The van der Waals surface area contributed by atoms with Crippen molar-refractivity contribution in [3.63, 3.8) is 0 Å². The number of esters is 1. The van der Waals surface area contributed by atoms with E-state index in [0.717, 1.165) is 29.5 Å². The normalized spacial score (nSPS) is 21.7. The van der Waals surface area contributed by atoms with Crippen LogP contribution in [0.25, 0.3) is 11.1 Å². The standard InChI is InChI=1S/C24H29NO3/c1-17-7-6-10-22(18(17)2)25-23(26)16-28-24(27)15-19-11-13-21(14-12-19)20-8-4-3-5-9-20/h3-5,8-9,11-14,17-18,22H,6-7,10,15-16H2,1-2H3,(H,25,26)/t17-,18+,22+/m1/s1. The molecule has 0 unspecified atom stereocenters. The van der Waals surface area contributed by atoms with Gasteiger partial charge in [0.1, 0.15) is 0 Å². The monoisotopic (exact) mass is 379 g/mol. The molecule has 1 N–H and O–H groups in total. The van der Waals surface area contributed by atoms with E-state index in [4.69, 9.17) is 4.74 Å². The molecule has 0 aliphatic heterocycles. The van der Waals surface area contributed by atoms with E-state index < -0.39 is 0 Å². The molecule has 2 aromatic rings. The van der Waals surface area contributed by atoms with Crippen molar-refractivity contribution < 1.29 is 14.3 Å². The van der Waals surface area contributed by atoms with Gasteiger partial charge < -0.3 is 10.1 Å². The van der Waals surface area contributed by atoms with Crippen LogP contribution < -0.4 is 5.32 Å².